The summed E-state index contributed by atoms with van der Waals surface area (Å²) in [6, 6.07) is 9.83. The Hall–Kier alpha value is -1.45. The second-order valence-corrected chi connectivity index (χ2v) is 11.5. The number of thioether (sulfide) groups is 1. The molecule has 0 aliphatic carbocycles. The quantitative estimate of drug-likeness (QED) is 0.449. The molecule has 2 aromatic carbocycles. The number of nitrogens with one attached hydrogen (secondary N) is 1. The smallest absolute Gasteiger partial charge is 0.255 e. The molecule has 2 aromatic rings. The van der Waals surface area contributed by atoms with E-state index in [0.717, 1.165) is 31.2 Å². The summed E-state index contributed by atoms with van der Waals surface area (Å²) in [5, 5.41) is 4.08. The van der Waals surface area contributed by atoms with Crippen molar-refractivity contribution in [3.05, 3.63) is 57.6 Å². The van der Waals surface area contributed by atoms with Crippen LogP contribution in [0.1, 0.15) is 41.6 Å². The third-order valence-corrected chi connectivity index (χ3v) is 9.05. The normalized spacial score (nSPS) is 15.1. The molecule has 0 unspecified atom stereocenters. The molecule has 0 saturated carbocycles. The van der Waals surface area contributed by atoms with Crippen LogP contribution in [0.4, 0.5) is 0 Å². The maximum atomic E-state index is 13.1. The molecule has 10 heteroatoms. The van der Waals surface area contributed by atoms with Crippen molar-refractivity contribution >= 4 is 50.9 Å². The Labute approximate surface area is 210 Å². The van der Waals surface area contributed by atoms with Gasteiger partial charge in [0.1, 0.15) is 5.75 Å². The van der Waals surface area contributed by atoms with Crippen molar-refractivity contribution in [3.8, 4) is 5.75 Å². The highest BCUT2D eigenvalue weighted by atomic mass is 35.5. The first kappa shape index (κ1) is 26.2. The van der Waals surface area contributed by atoms with Crippen molar-refractivity contribution in [1.29, 1.82) is 0 Å². The number of nitrogens with zero attached hydrogens (tertiary/aromatic N) is 1. The third-order valence-electron chi connectivity index (χ3n) is 5.46. The maximum absolute atomic E-state index is 13.1. The minimum absolute atomic E-state index is 0.109. The van der Waals surface area contributed by atoms with Crippen molar-refractivity contribution in [2.45, 2.75) is 36.3 Å². The SMILES string of the molecule is COc1ccc(S(=O)(=O)N2CCCCCC2)cc1C(=O)NCCSCc1c(Cl)cccc1Cl. The second-order valence-electron chi connectivity index (χ2n) is 7.69. The van der Waals surface area contributed by atoms with Gasteiger partial charge in [0, 0.05) is 41.2 Å². The Morgan fingerprint density at radius 3 is 2.39 bits per heavy atom. The highest BCUT2D eigenvalue weighted by molar-refractivity contribution is 7.98. The van der Waals surface area contributed by atoms with Gasteiger partial charge in [-0.05, 0) is 48.7 Å². The monoisotopic (exact) mass is 530 g/mol. The van der Waals surface area contributed by atoms with Crippen molar-refractivity contribution in [1.82, 2.24) is 9.62 Å². The average Bonchev–Trinajstić information content (AvgIpc) is 3.10. The summed E-state index contributed by atoms with van der Waals surface area (Å²) >= 11 is 14.0. The molecule has 0 bridgehead atoms. The first-order chi connectivity index (χ1) is 15.8. The van der Waals surface area contributed by atoms with Crippen LogP contribution in [0, 0.1) is 0 Å². The van der Waals surface area contributed by atoms with E-state index in [1.165, 1.54) is 29.6 Å². The van der Waals surface area contributed by atoms with Gasteiger partial charge >= 0.3 is 0 Å². The molecule has 3 rings (SSSR count). The van der Waals surface area contributed by atoms with Gasteiger partial charge in [0.25, 0.3) is 5.91 Å². The number of ether oxygens (including phenoxy) is 1. The average molecular weight is 532 g/mol. The fourth-order valence-electron chi connectivity index (χ4n) is 3.63. The number of carbonyl (C=O) groups excluding carboxylic acids is 1. The van der Waals surface area contributed by atoms with E-state index in [1.54, 1.807) is 30.0 Å². The molecule has 180 valence electrons. The third kappa shape index (κ3) is 6.79. The van der Waals surface area contributed by atoms with Gasteiger partial charge in [-0.2, -0.15) is 16.1 Å². The van der Waals surface area contributed by atoms with E-state index in [-0.39, 0.29) is 16.4 Å². The molecule has 6 nitrogen and oxygen atoms in total. The van der Waals surface area contributed by atoms with Gasteiger partial charge in [0.15, 0.2) is 0 Å². The van der Waals surface area contributed by atoms with Crippen LogP contribution in [-0.2, 0) is 15.8 Å². The molecule has 1 aliphatic rings. The maximum Gasteiger partial charge on any atom is 0.255 e. The molecule has 33 heavy (non-hydrogen) atoms. The Balaban J connectivity index is 1.63. The van der Waals surface area contributed by atoms with Crippen molar-refractivity contribution < 1.29 is 17.9 Å². The van der Waals surface area contributed by atoms with Gasteiger partial charge in [-0.25, -0.2) is 8.42 Å². The van der Waals surface area contributed by atoms with Crippen LogP contribution in [-0.4, -0.2) is 51.1 Å². The summed E-state index contributed by atoms with van der Waals surface area (Å²) in [7, 11) is -2.21. The molecule has 1 saturated heterocycles. The number of halogens is 2. The molecule has 1 N–H and O–H groups in total. The minimum Gasteiger partial charge on any atom is -0.496 e. The lowest BCUT2D eigenvalue weighted by Crippen LogP contribution is -2.32. The van der Waals surface area contributed by atoms with Crippen LogP contribution in [0.2, 0.25) is 10.0 Å². The van der Waals surface area contributed by atoms with E-state index in [1.807, 2.05) is 0 Å². The van der Waals surface area contributed by atoms with E-state index in [0.29, 0.717) is 46.9 Å². The van der Waals surface area contributed by atoms with E-state index < -0.39 is 10.0 Å². The molecular formula is C23H28Cl2N2O4S2. The molecular weight excluding hydrogens is 503 g/mol. The van der Waals surface area contributed by atoms with E-state index in [4.69, 9.17) is 27.9 Å². The number of carbonyl (C=O) groups is 1. The summed E-state index contributed by atoms with van der Waals surface area (Å²) in [5.41, 5.74) is 1.07. The van der Waals surface area contributed by atoms with Crippen molar-refractivity contribution in [2.75, 3.05) is 32.5 Å². The molecule has 0 radical (unpaired) electrons. The fraction of sp³-hybridized carbons (Fsp3) is 0.435. The lowest BCUT2D eigenvalue weighted by molar-refractivity contribution is 0.0953. The summed E-state index contributed by atoms with van der Waals surface area (Å²) in [6.45, 7) is 1.41. The first-order valence-corrected chi connectivity index (χ1v) is 14.2. The van der Waals surface area contributed by atoms with Crippen LogP contribution in [0.15, 0.2) is 41.3 Å². The van der Waals surface area contributed by atoms with Crippen LogP contribution in [0.25, 0.3) is 0 Å². The highest BCUT2D eigenvalue weighted by Crippen LogP contribution is 2.28. The molecule has 1 aliphatic heterocycles. The van der Waals surface area contributed by atoms with Gasteiger partial charge in [-0.15, -0.1) is 0 Å². The number of hydrogen-bond acceptors (Lipinski definition) is 5. The van der Waals surface area contributed by atoms with Gasteiger partial charge in [0.05, 0.1) is 17.6 Å². The zero-order chi connectivity index (χ0) is 23.8. The Bertz CT molecular complexity index is 1050. The van der Waals surface area contributed by atoms with Crippen molar-refractivity contribution in [2.24, 2.45) is 0 Å². The Kier molecular flexibility index (Phi) is 9.76. The lowest BCUT2D eigenvalue weighted by atomic mass is 10.2. The zero-order valence-electron chi connectivity index (χ0n) is 18.5. The van der Waals surface area contributed by atoms with E-state index in [9.17, 15) is 13.2 Å². The van der Waals surface area contributed by atoms with Gasteiger partial charge < -0.3 is 10.1 Å². The van der Waals surface area contributed by atoms with Gasteiger partial charge in [-0.1, -0.05) is 42.1 Å². The summed E-state index contributed by atoms with van der Waals surface area (Å²) < 4.78 is 33.1. The Morgan fingerprint density at radius 1 is 1.09 bits per heavy atom. The number of methoxy groups -OCH3 is 1. The fourth-order valence-corrected chi connectivity index (χ4v) is 6.77. The number of amides is 1. The lowest BCUT2D eigenvalue weighted by Gasteiger charge is -2.20. The van der Waals surface area contributed by atoms with Crippen LogP contribution in [0.5, 0.6) is 5.75 Å². The number of benzene rings is 2. The summed E-state index contributed by atoms with van der Waals surface area (Å²) in [5.74, 6) is 1.22. The number of hydrogen-bond donors (Lipinski definition) is 1. The van der Waals surface area contributed by atoms with Crippen LogP contribution >= 0.6 is 35.0 Å². The summed E-state index contributed by atoms with van der Waals surface area (Å²) in [6.07, 6.45) is 3.76. The zero-order valence-corrected chi connectivity index (χ0v) is 21.6. The van der Waals surface area contributed by atoms with Crippen LogP contribution < -0.4 is 10.1 Å². The number of sulfonamides is 1. The highest BCUT2D eigenvalue weighted by Gasteiger charge is 2.27. The van der Waals surface area contributed by atoms with Gasteiger partial charge in [0.2, 0.25) is 10.0 Å². The molecule has 0 atom stereocenters. The Morgan fingerprint density at radius 2 is 1.76 bits per heavy atom. The van der Waals surface area contributed by atoms with Gasteiger partial charge in [-0.3, -0.25) is 4.79 Å². The minimum atomic E-state index is -3.67. The first-order valence-electron chi connectivity index (χ1n) is 10.8. The number of rotatable bonds is 9. The molecule has 1 amide bonds. The predicted octanol–water partition coefficient (Wildman–Crippen LogP) is 5.23. The van der Waals surface area contributed by atoms with E-state index in [2.05, 4.69) is 5.32 Å². The second kappa shape index (κ2) is 12.3. The molecule has 1 fully saturated rings. The predicted molar refractivity (Wildman–Crippen MR) is 135 cm³/mol. The molecule has 0 spiro atoms. The van der Waals surface area contributed by atoms with Crippen LogP contribution in [0.3, 0.4) is 0 Å². The molecule has 0 aromatic heterocycles. The molecule has 1 heterocycles. The standard InChI is InChI=1S/C23H28Cl2N2O4S2/c1-31-22-10-9-17(33(29,30)27-12-4-2-3-5-13-27)15-18(22)23(28)26-11-14-32-16-19-20(24)7-6-8-21(19)25/h6-10,15H,2-5,11-14,16H2,1H3,(H,26,28). The van der Waals surface area contributed by atoms with Crippen molar-refractivity contribution in [3.63, 3.8) is 0 Å². The largest absolute Gasteiger partial charge is 0.496 e. The summed E-state index contributed by atoms with van der Waals surface area (Å²) in [4.78, 5) is 12.9. The van der Waals surface area contributed by atoms with E-state index >= 15 is 0 Å². The topological polar surface area (TPSA) is 75.7 Å².